The summed E-state index contributed by atoms with van der Waals surface area (Å²) in [7, 11) is 1.61. The highest BCUT2D eigenvalue weighted by Gasteiger charge is 2.18. The molecular weight excluding hydrogens is 406 g/mol. The van der Waals surface area contributed by atoms with Crippen molar-refractivity contribution in [1.29, 1.82) is 5.26 Å². The first-order valence-electron chi connectivity index (χ1n) is 8.90. The SMILES string of the molecule is Cc1nc(C(=O)Nc2c(Cl)cccc2CN(C)C(=O)Nc2cccc(C#N)c2)co1. The molecule has 1 aromatic heterocycles. The molecule has 0 aliphatic rings. The number of nitriles is 1. The molecule has 0 radical (unpaired) electrons. The second kappa shape index (κ2) is 9.11. The molecule has 3 aromatic rings. The summed E-state index contributed by atoms with van der Waals surface area (Å²) in [5.41, 5.74) is 2.10. The van der Waals surface area contributed by atoms with Gasteiger partial charge in [0.05, 0.1) is 22.3 Å². The molecule has 0 spiro atoms. The number of carbonyl (C=O) groups excluding carboxylic acids is 2. The van der Waals surface area contributed by atoms with Gasteiger partial charge in [-0.2, -0.15) is 5.26 Å². The maximum Gasteiger partial charge on any atom is 0.321 e. The highest BCUT2D eigenvalue weighted by molar-refractivity contribution is 6.34. The van der Waals surface area contributed by atoms with Gasteiger partial charge >= 0.3 is 6.03 Å². The third kappa shape index (κ3) is 4.96. The number of aromatic nitrogens is 1. The van der Waals surface area contributed by atoms with Gasteiger partial charge in [-0.15, -0.1) is 0 Å². The van der Waals surface area contributed by atoms with E-state index >= 15 is 0 Å². The van der Waals surface area contributed by atoms with Crippen LogP contribution in [0.5, 0.6) is 0 Å². The first-order chi connectivity index (χ1) is 14.4. The quantitative estimate of drug-likeness (QED) is 0.630. The maximum atomic E-state index is 12.5. The van der Waals surface area contributed by atoms with Gasteiger partial charge in [0.1, 0.15) is 6.26 Å². The number of amides is 3. The zero-order valence-corrected chi connectivity index (χ0v) is 17.0. The second-order valence-electron chi connectivity index (χ2n) is 6.46. The van der Waals surface area contributed by atoms with Gasteiger partial charge in [-0.05, 0) is 29.8 Å². The minimum Gasteiger partial charge on any atom is -0.448 e. The Morgan fingerprint density at radius 1 is 1.23 bits per heavy atom. The number of oxazole rings is 1. The van der Waals surface area contributed by atoms with Crippen molar-refractivity contribution in [3.63, 3.8) is 0 Å². The molecule has 0 unspecified atom stereocenters. The number of aryl methyl sites for hydroxylation is 1. The fraction of sp³-hybridized carbons (Fsp3) is 0.143. The number of urea groups is 1. The van der Waals surface area contributed by atoms with Gasteiger partial charge in [-0.3, -0.25) is 4.79 Å². The number of hydrogen-bond acceptors (Lipinski definition) is 5. The number of para-hydroxylation sites is 1. The van der Waals surface area contributed by atoms with Gasteiger partial charge in [-0.25, -0.2) is 9.78 Å². The van der Waals surface area contributed by atoms with E-state index in [0.717, 1.165) is 0 Å². The van der Waals surface area contributed by atoms with Crippen molar-refractivity contribution in [2.75, 3.05) is 17.7 Å². The van der Waals surface area contributed by atoms with E-state index in [1.807, 2.05) is 6.07 Å². The van der Waals surface area contributed by atoms with Crippen molar-refractivity contribution in [2.45, 2.75) is 13.5 Å². The van der Waals surface area contributed by atoms with Crippen molar-refractivity contribution >= 4 is 34.9 Å². The van der Waals surface area contributed by atoms with Gasteiger partial charge in [0, 0.05) is 26.2 Å². The van der Waals surface area contributed by atoms with Crippen LogP contribution in [0, 0.1) is 18.3 Å². The van der Waals surface area contributed by atoms with Gasteiger partial charge in [-0.1, -0.05) is 29.8 Å². The highest BCUT2D eigenvalue weighted by atomic mass is 35.5. The molecule has 8 nitrogen and oxygen atoms in total. The van der Waals surface area contributed by atoms with E-state index in [0.29, 0.717) is 33.4 Å². The minimum absolute atomic E-state index is 0.127. The predicted molar refractivity (Wildman–Crippen MR) is 112 cm³/mol. The van der Waals surface area contributed by atoms with Crippen molar-refractivity contribution in [2.24, 2.45) is 0 Å². The maximum absolute atomic E-state index is 12.5. The molecule has 0 saturated carbocycles. The molecule has 0 bridgehead atoms. The minimum atomic E-state index is -0.471. The summed E-state index contributed by atoms with van der Waals surface area (Å²) in [5, 5.41) is 14.8. The molecule has 0 aliphatic carbocycles. The van der Waals surface area contributed by atoms with Crippen LogP contribution in [-0.2, 0) is 6.54 Å². The Hall–Kier alpha value is -3.83. The van der Waals surface area contributed by atoms with Crippen LogP contribution in [0.4, 0.5) is 16.2 Å². The van der Waals surface area contributed by atoms with Crippen LogP contribution < -0.4 is 10.6 Å². The summed E-state index contributed by atoms with van der Waals surface area (Å²) in [6.45, 7) is 1.81. The summed E-state index contributed by atoms with van der Waals surface area (Å²) >= 11 is 6.28. The first kappa shape index (κ1) is 20.9. The van der Waals surface area contributed by atoms with E-state index in [2.05, 4.69) is 15.6 Å². The Bertz CT molecular complexity index is 1140. The van der Waals surface area contributed by atoms with E-state index in [1.54, 1.807) is 56.4 Å². The van der Waals surface area contributed by atoms with Gasteiger partial charge < -0.3 is 20.0 Å². The highest BCUT2D eigenvalue weighted by Crippen LogP contribution is 2.27. The molecule has 0 aliphatic heterocycles. The van der Waals surface area contributed by atoms with Gasteiger partial charge in [0.15, 0.2) is 11.6 Å². The monoisotopic (exact) mass is 423 g/mol. The van der Waals surface area contributed by atoms with Crippen molar-refractivity contribution < 1.29 is 14.0 Å². The molecule has 30 heavy (non-hydrogen) atoms. The van der Waals surface area contributed by atoms with E-state index in [1.165, 1.54) is 11.2 Å². The average Bonchev–Trinajstić information content (AvgIpc) is 3.17. The molecule has 3 amide bonds. The summed E-state index contributed by atoms with van der Waals surface area (Å²) < 4.78 is 5.07. The Morgan fingerprint density at radius 2 is 2.00 bits per heavy atom. The number of halogens is 1. The van der Waals surface area contributed by atoms with Crippen LogP contribution in [0.3, 0.4) is 0 Å². The van der Waals surface area contributed by atoms with Crippen LogP contribution >= 0.6 is 11.6 Å². The molecule has 9 heteroatoms. The van der Waals surface area contributed by atoms with Gasteiger partial charge in [0.25, 0.3) is 5.91 Å². The molecule has 0 saturated heterocycles. The van der Waals surface area contributed by atoms with Crippen LogP contribution in [0.15, 0.2) is 53.1 Å². The van der Waals surface area contributed by atoms with E-state index in [4.69, 9.17) is 21.3 Å². The zero-order chi connectivity index (χ0) is 21.7. The lowest BCUT2D eigenvalue weighted by Crippen LogP contribution is -2.31. The van der Waals surface area contributed by atoms with E-state index < -0.39 is 5.91 Å². The summed E-state index contributed by atoms with van der Waals surface area (Å²) in [6.07, 6.45) is 1.26. The van der Waals surface area contributed by atoms with Crippen molar-refractivity contribution in [3.8, 4) is 6.07 Å². The smallest absolute Gasteiger partial charge is 0.321 e. The number of nitrogens with one attached hydrogen (secondary N) is 2. The van der Waals surface area contributed by atoms with Crippen LogP contribution in [0.2, 0.25) is 5.02 Å². The summed E-state index contributed by atoms with van der Waals surface area (Å²) in [6, 6.07) is 13.4. The zero-order valence-electron chi connectivity index (χ0n) is 16.3. The molecule has 0 fully saturated rings. The predicted octanol–water partition coefficient (Wildman–Crippen LogP) is 4.42. The Morgan fingerprint density at radius 3 is 2.70 bits per heavy atom. The van der Waals surface area contributed by atoms with E-state index in [9.17, 15) is 9.59 Å². The molecule has 2 aromatic carbocycles. The first-order valence-corrected chi connectivity index (χ1v) is 9.28. The number of hydrogen-bond donors (Lipinski definition) is 2. The lowest BCUT2D eigenvalue weighted by molar-refractivity contribution is 0.102. The van der Waals surface area contributed by atoms with Crippen molar-refractivity contribution in [1.82, 2.24) is 9.88 Å². The molecule has 152 valence electrons. The largest absolute Gasteiger partial charge is 0.448 e. The summed E-state index contributed by atoms with van der Waals surface area (Å²) in [4.78, 5) is 30.4. The lowest BCUT2D eigenvalue weighted by Gasteiger charge is -2.20. The number of benzene rings is 2. The second-order valence-corrected chi connectivity index (χ2v) is 6.87. The standard InChI is InChI=1S/C21H18ClN5O3/c1-13-24-18(12-30-13)20(28)26-19-15(6-4-8-17(19)22)11-27(2)21(29)25-16-7-3-5-14(9-16)10-23/h3-9,12H,11H2,1-2H3,(H,25,29)(H,26,28). The fourth-order valence-corrected chi connectivity index (χ4v) is 2.94. The number of carbonyl (C=O) groups is 2. The fourth-order valence-electron chi connectivity index (χ4n) is 2.70. The number of nitrogens with zero attached hydrogens (tertiary/aromatic N) is 3. The third-order valence-electron chi connectivity index (χ3n) is 4.19. The van der Waals surface area contributed by atoms with Gasteiger partial charge in [0.2, 0.25) is 0 Å². The Balaban J connectivity index is 1.74. The Kier molecular flexibility index (Phi) is 6.35. The van der Waals surface area contributed by atoms with Crippen LogP contribution in [-0.4, -0.2) is 28.9 Å². The molecule has 2 N–H and O–H groups in total. The van der Waals surface area contributed by atoms with E-state index in [-0.39, 0.29) is 18.3 Å². The van der Waals surface area contributed by atoms with Crippen LogP contribution in [0.25, 0.3) is 0 Å². The average molecular weight is 424 g/mol. The molecule has 1 heterocycles. The number of anilines is 2. The number of rotatable bonds is 5. The third-order valence-corrected chi connectivity index (χ3v) is 4.50. The Labute approximate surface area is 178 Å². The molecular formula is C21H18ClN5O3. The topological polar surface area (TPSA) is 111 Å². The normalized spacial score (nSPS) is 10.2. The lowest BCUT2D eigenvalue weighted by atomic mass is 10.1. The molecule has 3 rings (SSSR count). The van der Waals surface area contributed by atoms with Crippen molar-refractivity contribution in [3.05, 3.63) is 76.5 Å². The summed E-state index contributed by atoms with van der Waals surface area (Å²) in [5.74, 6) is -0.0990. The van der Waals surface area contributed by atoms with Crippen LogP contribution in [0.1, 0.15) is 27.5 Å². The molecule has 0 atom stereocenters.